The van der Waals surface area contributed by atoms with Crippen LogP contribution in [-0.4, -0.2) is 10.9 Å². The number of nitro groups is 1. The minimum absolute atomic E-state index is 0.143. The van der Waals surface area contributed by atoms with Gasteiger partial charge >= 0.3 is 0 Å². The second kappa shape index (κ2) is 3.13. The van der Waals surface area contributed by atoms with Crippen LogP contribution in [0.25, 0.3) is 0 Å². The van der Waals surface area contributed by atoms with Crippen LogP contribution in [0.15, 0.2) is 21.6 Å². The van der Waals surface area contributed by atoms with Crippen LogP contribution < -0.4 is 0 Å². The van der Waals surface area contributed by atoms with E-state index in [-0.39, 0.29) is 17.8 Å². The lowest BCUT2D eigenvalue weighted by Gasteiger charge is -1.99. The summed E-state index contributed by atoms with van der Waals surface area (Å²) < 4.78 is 13.4. The summed E-state index contributed by atoms with van der Waals surface area (Å²) >= 11 is 3.06. The molecule has 0 saturated carbocycles. The monoisotopic (exact) mass is 258 g/mol. The van der Waals surface area contributed by atoms with Gasteiger partial charge < -0.3 is 0 Å². The van der Waals surface area contributed by atoms with Crippen molar-refractivity contribution in [2.75, 3.05) is 0 Å². The molecule has 6 heteroatoms. The Morgan fingerprint density at radius 2 is 2.29 bits per heavy atom. The van der Waals surface area contributed by atoms with E-state index >= 15 is 0 Å². The Labute approximate surface area is 86.7 Å². The first-order valence-electron chi connectivity index (χ1n) is 3.76. The fourth-order valence-corrected chi connectivity index (χ4v) is 1.84. The predicted molar refractivity (Wildman–Crippen MR) is 52.1 cm³/mol. The van der Waals surface area contributed by atoms with Crippen molar-refractivity contribution in [3.63, 3.8) is 0 Å². The second-order valence-corrected chi connectivity index (χ2v) is 3.68. The number of rotatable bonds is 1. The van der Waals surface area contributed by atoms with Gasteiger partial charge in [-0.05, 0) is 27.6 Å². The molecule has 4 nitrogen and oxygen atoms in total. The van der Waals surface area contributed by atoms with E-state index in [0.717, 1.165) is 0 Å². The highest BCUT2D eigenvalue weighted by atomic mass is 79.9. The van der Waals surface area contributed by atoms with E-state index < -0.39 is 10.9 Å². The smallest absolute Gasteiger partial charge is 0.258 e. The maximum atomic E-state index is 13.0. The topological polar surface area (TPSA) is 55.5 Å². The van der Waals surface area contributed by atoms with E-state index in [1.165, 1.54) is 12.1 Å². The number of hydrogen-bond acceptors (Lipinski definition) is 3. The molecular weight excluding hydrogens is 255 g/mol. The first-order chi connectivity index (χ1) is 6.59. The van der Waals surface area contributed by atoms with E-state index in [1.54, 1.807) is 0 Å². The highest BCUT2D eigenvalue weighted by Gasteiger charge is 2.22. The Kier molecular flexibility index (Phi) is 2.07. The minimum atomic E-state index is -0.629. The molecular formula is C8H4BrFN2O2. The third-order valence-electron chi connectivity index (χ3n) is 1.98. The van der Waals surface area contributed by atoms with Gasteiger partial charge in [0.15, 0.2) is 0 Å². The molecule has 72 valence electrons. The normalized spacial score (nSPS) is 13.7. The predicted octanol–water partition coefficient (Wildman–Crippen LogP) is 2.59. The molecule has 0 fully saturated rings. The van der Waals surface area contributed by atoms with Crippen LogP contribution in [0.1, 0.15) is 11.1 Å². The quantitative estimate of drug-likeness (QED) is 0.574. The first kappa shape index (κ1) is 9.26. The summed E-state index contributed by atoms with van der Waals surface area (Å²) in [6, 6.07) is 2.73. The van der Waals surface area contributed by atoms with Crippen molar-refractivity contribution in [1.29, 1.82) is 0 Å². The SMILES string of the molecule is O=[N+]([O-])c1cc2c(cc1Br)CN=C2F. The van der Waals surface area contributed by atoms with Crippen LogP contribution in [0.5, 0.6) is 0 Å². The number of nitro benzene ring substituents is 1. The number of halogens is 2. The van der Waals surface area contributed by atoms with Gasteiger partial charge in [0.1, 0.15) is 0 Å². The van der Waals surface area contributed by atoms with Crippen molar-refractivity contribution in [2.45, 2.75) is 6.54 Å². The highest BCUT2D eigenvalue weighted by Crippen LogP contribution is 2.31. The summed E-state index contributed by atoms with van der Waals surface area (Å²) in [5.74, 6) is -0.629. The highest BCUT2D eigenvalue weighted by molar-refractivity contribution is 9.10. The summed E-state index contributed by atoms with van der Waals surface area (Å²) in [6.07, 6.45) is 0. The van der Waals surface area contributed by atoms with Gasteiger partial charge in [0.05, 0.1) is 15.9 Å². The molecule has 0 atom stereocenters. The van der Waals surface area contributed by atoms with Crippen LogP contribution >= 0.6 is 15.9 Å². The van der Waals surface area contributed by atoms with Gasteiger partial charge in [-0.25, -0.2) is 0 Å². The zero-order valence-electron chi connectivity index (χ0n) is 6.83. The van der Waals surface area contributed by atoms with Crippen LogP contribution in [-0.2, 0) is 6.54 Å². The van der Waals surface area contributed by atoms with Crippen molar-refractivity contribution in [1.82, 2.24) is 0 Å². The van der Waals surface area contributed by atoms with Gasteiger partial charge in [0.2, 0.25) is 5.97 Å². The van der Waals surface area contributed by atoms with E-state index in [2.05, 4.69) is 20.9 Å². The van der Waals surface area contributed by atoms with E-state index in [4.69, 9.17) is 0 Å². The van der Waals surface area contributed by atoms with Crippen molar-refractivity contribution in [3.8, 4) is 0 Å². The summed E-state index contributed by atoms with van der Waals surface area (Å²) in [6.45, 7) is 0.248. The lowest BCUT2D eigenvalue weighted by molar-refractivity contribution is -0.385. The Bertz CT molecular complexity index is 458. The van der Waals surface area contributed by atoms with Gasteiger partial charge in [0.25, 0.3) is 5.69 Å². The molecule has 0 unspecified atom stereocenters. The molecule has 0 aromatic heterocycles. The van der Waals surface area contributed by atoms with Gasteiger partial charge in [-0.3, -0.25) is 15.1 Å². The van der Waals surface area contributed by atoms with Crippen LogP contribution in [0, 0.1) is 10.1 Å². The van der Waals surface area contributed by atoms with E-state index in [0.29, 0.717) is 10.0 Å². The molecule has 1 aliphatic heterocycles. The van der Waals surface area contributed by atoms with Crippen LogP contribution in [0.2, 0.25) is 0 Å². The number of nitrogens with zero attached hydrogens (tertiary/aromatic N) is 2. The Balaban J connectivity index is 2.62. The van der Waals surface area contributed by atoms with Crippen molar-refractivity contribution >= 4 is 27.6 Å². The third kappa shape index (κ3) is 1.31. The number of benzene rings is 1. The Hall–Kier alpha value is -1.30. The molecule has 14 heavy (non-hydrogen) atoms. The largest absolute Gasteiger partial charge is 0.284 e. The summed E-state index contributed by atoms with van der Waals surface area (Å²) in [5, 5.41) is 10.5. The van der Waals surface area contributed by atoms with Crippen LogP contribution in [0.4, 0.5) is 10.1 Å². The van der Waals surface area contributed by atoms with E-state index in [1.807, 2.05) is 0 Å². The lowest BCUT2D eigenvalue weighted by atomic mass is 10.1. The molecule has 0 amide bonds. The van der Waals surface area contributed by atoms with Gasteiger partial charge in [-0.2, -0.15) is 4.39 Å². The Morgan fingerprint density at radius 1 is 1.57 bits per heavy atom. The summed E-state index contributed by atoms with van der Waals surface area (Å²) in [5.41, 5.74) is 0.746. The lowest BCUT2D eigenvalue weighted by Crippen LogP contribution is -1.96. The zero-order chi connectivity index (χ0) is 10.3. The fourth-order valence-electron chi connectivity index (χ4n) is 1.31. The maximum Gasteiger partial charge on any atom is 0.284 e. The summed E-state index contributed by atoms with van der Waals surface area (Å²) in [4.78, 5) is 13.5. The molecule has 0 saturated heterocycles. The van der Waals surface area contributed by atoms with Crippen molar-refractivity contribution < 1.29 is 9.31 Å². The van der Waals surface area contributed by atoms with Gasteiger partial charge in [-0.15, -0.1) is 0 Å². The zero-order valence-corrected chi connectivity index (χ0v) is 8.41. The maximum absolute atomic E-state index is 13.0. The van der Waals surface area contributed by atoms with Gasteiger partial charge in [-0.1, -0.05) is 0 Å². The standard InChI is InChI=1S/C8H4BrFN2O2/c9-6-1-4-3-11-8(10)5(4)2-7(6)12(13)14/h1-2H,3H2. The molecule has 1 heterocycles. The molecule has 1 aromatic rings. The Morgan fingerprint density at radius 3 is 2.93 bits per heavy atom. The molecule has 0 N–H and O–H groups in total. The molecule has 1 aromatic carbocycles. The van der Waals surface area contributed by atoms with Gasteiger partial charge in [0, 0.05) is 11.6 Å². The number of hydrogen-bond donors (Lipinski definition) is 0. The molecule has 0 spiro atoms. The number of fused-ring (bicyclic) bond motifs is 1. The fraction of sp³-hybridized carbons (Fsp3) is 0.125. The molecule has 0 radical (unpaired) electrons. The first-order valence-corrected chi connectivity index (χ1v) is 4.56. The minimum Gasteiger partial charge on any atom is -0.258 e. The molecule has 0 bridgehead atoms. The second-order valence-electron chi connectivity index (χ2n) is 2.82. The molecule has 1 aliphatic rings. The average molecular weight is 259 g/mol. The molecule has 2 rings (SSSR count). The average Bonchev–Trinajstić information content (AvgIpc) is 2.46. The molecule has 0 aliphatic carbocycles. The van der Waals surface area contributed by atoms with Crippen molar-refractivity contribution in [2.24, 2.45) is 4.99 Å². The third-order valence-corrected chi connectivity index (χ3v) is 2.61. The van der Waals surface area contributed by atoms with Crippen molar-refractivity contribution in [3.05, 3.63) is 37.8 Å². The summed E-state index contributed by atoms with van der Waals surface area (Å²) in [7, 11) is 0. The van der Waals surface area contributed by atoms with Crippen LogP contribution in [0.3, 0.4) is 0 Å². The van der Waals surface area contributed by atoms with E-state index in [9.17, 15) is 14.5 Å². The number of aliphatic imine (C=N–C) groups is 1.